The van der Waals surface area contributed by atoms with Gasteiger partial charge in [-0.2, -0.15) is 0 Å². The molecule has 2 amide bonds. The second kappa shape index (κ2) is 13.9. The van der Waals surface area contributed by atoms with Crippen LogP contribution in [0.2, 0.25) is 0 Å². The first-order valence-corrected chi connectivity index (χ1v) is 13.9. The lowest BCUT2D eigenvalue weighted by atomic mass is 9.99. The summed E-state index contributed by atoms with van der Waals surface area (Å²) in [5.74, 6) is 0.217. The van der Waals surface area contributed by atoms with Crippen molar-refractivity contribution < 1.29 is 24.2 Å². The van der Waals surface area contributed by atoms with Crippen molar-refractivity contribution in [3.05, 3.63) is 59.7 Å². The van der Waals surface area contributed by atoms with Crippen LogP contribution in [0.4, 0.5) is 5.69 Å². The van der Waals surface area contributed by atoms with Gasteiger partial charge in [-0.3, -0.25) is 19.4 Å². The van der Waals surface area contributed by atoms with E-state index in [1.807, 2.05) is 25.1 Å². The predicted octanol–water partition coefficient (Wildman–Crippen LogP) is 2.70. The Labute approximate surface area is 231 Å². The molecular weight excluding hydrogens is 496 g/mol. The average Bonchev–Trinajstić information content (AvgIpc) is 2.94. The zero-order valence-corrected chi connectivity index (χ0v) is 23.3. The van der Waals surface area contributed by atoms with E-state index >= 15 is 0 Å². The number of ether oxygens (including phenoxy) is 2. The number of fused-ring (bicyclic) bond motifs is 1. The summed E-state index contributed by atoms with van der Waals surface area (Å²) in [7, 11) is 2.07. The number of anilines is 1. The van der Waals surface area contributed by atoms with Crippen molar-refractivity contribution in [3.63, 3.8) is 0 Å². The summed E-state index contributed by atoms with van der Waals surface area (Å²) in [5.41, 5.74) is 2.17. The molecule has 0 radical (unpaired) electrons. The van der Waals surface area contributed by atoms with Crippen LogP contribution in [0.3, 0.4) is 0 Å². The third kappa shape index (κ3) is 8.02. The summed E-state index contributed by atoms with van der Waals surface area (Å²) in [4.78, 5) is 32.5. The number of carbonyl (C=O) groups excluding carboxylic acids is 2. The van der Waals surface area contributed by atoms with Gasteiger partial charge in [-0.05, 0) is 37.7 Å². The molecule has 0 saturated carbocycles. The summed E-state index contributed by atoms with van der Waals surface area (Å²) in [6.45, 7) is 9.42. The fourth-order valence-electron chi connectivity index (χ4n) is 5.09. The largest absolute Gasteiger partial charge is 0.488 e. The number of morpholine rings is 1. The maximum Gasteiger partial charge on any atom is 0.258 e. The number of likely N-dealkylation sites (N-methyl/N-ethyl adjacent to an activating group) is 1. The number of aliphatic hydroxyl groups excluding tert-OH is 1. The molecule has 0 unspecified atom stereocenters. The van der Waals surface area contributed by atoms with Gasteiger partial charge in [-0.1, -0.05) is 37.3 Å². The SMILES string of the molecule is C[C@@H]1CN([C@@H](C)CO)C(=O)c2cc(NC(=O)CCN3CCOCC3)ccc2O[C@H]1CN(C)Cc1ccccc1. The van der Waals surface area contributed by atoms with E-state index in [2.05, 4.69) is 41.2 Å². The standard InChI is InChI=1S/C30H42N4O5/c1-22-18-34(23(2)21-35)30(37)26-17-25(31-29(36)11-12-33-13-15-38-16-14-33)9-10-27(26)39-28(22)20-32(3)19-24-7-5-4-6-8-24/h4-10,17,22-23,28,35H,11-16,18-21H2,1-3H3,(H,31,36)/t22-,23+,28+/m1/s1. The summed E-state index contributed by atoms with van der Waals surface area (Å²) >= 11 is 0. The number of amides is 2. The molecule has 212 valence electrons. The Morgan fingerprint density at radius 2 is 1.92 bits per heavy atom. The minimum atomic E-state index is -0.347. The van der Waals surface area contributed by atoms with E-state index < -0.39 is 0 Å². The molecule has 4 rings (SSSR count). The van der Waals surface area contributed by atoms with Gasteiger partial charge in [0, 0.05) is 57.3 Å². The Morgan fingerprint density at radius 3 is 2.64 bits per heavy atom. The van der Waals surface area contributed by atoms with Gasteiger partial charge in [0.2, 0.25) is 5.91 Å². The number of aliphatic hydroxyl groups is 1. The van der Waals surface area contributed by atoms with Crippen LogP contribution in [-0.4, -0.2) is 103 Å². The van der Waals surface area contributed by atoms with Crippen molar-refractivity contribution >= 4 is 17.5 Å². The van der Waals surface area contributed by atoms with Crippen LogP contribution in [0.5, 0.6) is 5.75 Å². The van der Waals surface area contributed by atoms with Crippen molar-refractivity contribution in [2.75, 3.05) is 64.9 Å². The number of benzene rings is 2. The third-order valence-electron chi connectivity index (χ3n) is 7.49. The lowest BCUT2D eigenvalue weighted by molar-refractivity contribution is -0.116. The monoisotopic (exact) mass is 538 g/mol. The zero-order valence-electron chi connectivity index (χ0n) is 23.3. The maximum absolute atomic E-state index is 13.7. The molecule has 2 aromatic carbocycles. The van der Waals surface area contributed by atoms with Crippen LogP contribution < -0.4 is 10.1 Å². The smallest absolute Gasteiger partial charge is 0.258 e. The number of nitrogens with one attached hydrogen (secondary N) is 1. The summed E-state index contributed by atoms with van der Waals surface area (Å²) in [6, 6.07) is 15.2. The Hall–Kier alpha value is -2.98. The van der Waals surface area contributed by atoms with Crippen molar-refractivity contribution in [2.45, 2.75) is 39.0 Å². The first-order chi connectivity index (χ1) is 18.8. The Balaban J connectivity index is 1.50. The average molecular weight is 539 g/mol. The van der Waals surface area contributed by atoms with E-state index in [-0.39, 0.29) is 36.5 Å². The number of carbonyl (C=O) groups is 2. The van der Waals surface area contributed by atoms with Crippen molar-refractivity contribution in [2.24, 2.45) is 5.92 Å². The fraction of sp³-hybridized carbons (Fsp3) is 0.533. The lowest BCUT2D eigenvalue weighted by Crippen LogP contribution is -2.49. The molecule has 2 aliphatic heterocycles. The van der Waals surface area contributed by atoms with Crippen molar-refractivity contribution in [1.82, 2.24) is 14.7 Å². The van der Waals surface area contributed by atoms with Gasteiger partial charge in [0.25, 0.3) is 5.91 Å². The van der Waals surface area contributed by atoms with Crippen LogP contribution in [0.15, 0.2) is 48.5 Å². The molecule has 2 heterocycles. The van der Waals surface area contributed by atoms with Gasteiger partial charge in [0.05, 0.1) is 31.4 Å². The van der Waals surface area contributed by atoms with Gasteiger partial charge in [0.15, 0.2) is 0 Å². The second-order valence-corrected chi connectivity index (χ2v) is 10.8. The highest BCUT2D eigenvalue weighted by Crippen LogP contribution is 2.31. The highest BCUT2D eigenvalue weighted by molar-refractivity contribution is 5.99. The van der Waals surface area contributed by atoms with Crippen LogP contribution in [-0.2, 0) is 16.1 Å². The van der Waals surface area contributed by atoms with E-state index in [0.29, 0.717) is 56.3 Å². The summed E-state index contributed by atoms with van der Waals surface area (Å²) in [5, 5.41) is 12.9. The fourth-order valence-corrected chi connectivity index (χ4v) is 5.09. The van der Waals surface area contributed by atoms with E-state index in [9.17, 15) is 14.7 Å². The highest BCUT2D eigenvalue weighted by atomic mass is 16.5. The number of nitrogens with zero attached hydrogens (tertiary/aromatic N) is 3. The zero-order chi connectivity index (χ0) is 27.8. The molecule has 0 aliphatic carbocycles. The summed E-state index contributed by atoms with van der Waals surface area (Å²) < 4.78 is 11.9. The topological polar surface area (TPSA) is 94.6 Å². The predicted molar refractivity (Wildman–Crippen MR) is 151 cm³/mol. The van der Waals surface area contributed by atoms with Crippen LogP contribution >= 0.6 is 0 Å². The molecule has 2 aromatic rings. The minimum absolute atomic E-state index is 0.0360. The van der Waals surface area contributed by atoms with Gasteiger partial charge < -0.3 is 24.8 Å². The molecule has 1 saturated heterocycles. The quantitative estimate of drug-likeness (QED) is 0.480. The molecule has 2 N–H and O–H groups in total. The molecule has 0 bridgehead atoms. The van der Waals surface area contributed by atoms with Gasteiger partial charge in [-0.15, -0.1) is 0 Å². The third-order valence-corrected chi connectivity index (χ3v) is 7.49. The molecule has 39 heavy (non-hydrogen) atoms. The Bertz CT molecular complexity index is 1090. The van der Waals surface area contributed by atoms with Crippen LogP contribution in [0, 0.1) is 5.92 Å². The first-order valence-electron chi connectivity index (χ1n) is 13.9. The Morgan fingerprint density at radius 1 is 1.18 bits per heavy atom. The van der Waals surface area contributed by atoms with E-state index in [0.717, 1.165) is 19.6 Å². The van der Waals surface area contributed by atoms with Gasteiger partial charge in [-0.25, -0.2) is 0 Å². The molecule has 9 heteroatoms. The number of rotatable bonds is 10. The summed E-state index contributed by atoms with van der Waals surface area (Å²) in [6.07, 6.45) is 0.190. The van der Waals surface area contributed by atoms with Crippen molar-refractivity contribution in [3.8, 4) is 5.75 Å². The first kappa shape index (κ1) is 29.0. The number of hydrogen-bond donors (Lipinski definition) is 2. The molecule has 1 fully saturated rings. The molecule has 2 aliphatic rings. The van der Waals surface area contributed by atoms with E-state index in [1.165, 1.54) is 5.56 Å². The minimum Gasteiger partial charge on any atom is -0.488 e. The van der Waals surface area contributed by atoms with E-state index in [4.69, 9.17) is 9.47 Å². The lowest BCUT2D eigenvalue weighted by Gasteiger charge is -2.38. The van der Waals surface area contributed by atoms with E-state index in [1.54, 1.807) is 23.1 Å². The normalized spacial score (nSPS) is 21.1. The maximum atomic E-state index is 13.7. The second-order valence-electron chi connectivity index (χ2n) is 10.8. The van der Waals surface area contributed by atoms with Crippen LogP contribution in [0.25, 0.3) is 0 Å². The van der Waals surface area contributed by atoms with Crippen molar-refractivity contribution in [1.29, 1.82) is 0 Å². The van der Waals surface area contributed by atoms with Gasteiger partial charge in [0.1, 0.15) is 11.9 Å². The molecule has 9 nitrogen and oxygen atoms in total. The molecule has 3 atom stereocenters. The van der Waals surface area contributed by atoms with Gasteiger partial charge >= 0.3 is 0 Å². The number of hydrogen-bond acceptors (Lipinski definition) is 7. The molecule has 0 spiro atoms. The van der Waals surface area contributed by atoms with Crippen LogP contribution in [0.1, 0.15) is 36.2 Å². The molecular formula is C30H42N4O5. The molecule has 0 aromatic heterocycles. The highest BCUT2D eigenvalue weighted by Gasteiger charge is 2.33. The Kier molecular flexibility index (Phi) is 10.3.